The second kappa shape index (κ2) is 13.2. The molecule has 2 saturated carbocycles. The summed E-state index contributed by atoms with van der Waals surface area (Å²) < 4.78 is 15.5. The van der Waals surface area contributed by atoms with Gasteiger partial charge in [-0.25, -0.2) is 0 Å². The zero-order chi connectivity index (χ0) is 24.9. The predicted octanol–water partition coefficient (Wildman–Crippen LogP) is 4.52. The van der Waals surface area contributed by atoms with Crippen molar-refractivity contribution >= 4 is 0 Å². The molecule has 2 atom stereocenters. The van der Waals surface area contributed by atoms with Crippen LogP contribution in [0.5, 0.6) is 0 Å². The van der Waals surface area contributed by atoms with Crippen LogP contribution in [0.25, 0.3) is 0 Å². The topological polar surface area (TPSA) is 6.48 Å². The Bertz CT molecular complexity index is 932. The molecule has 4 saturated heterocycles. The van der Waals surface area contributed by atoms with E-state index >= 15 is 0 Å². The first kappa shape index (κ1) is 26.6. The van der Waals surface area contributed by atoms with Crippen molar-refractivity contribution < 1.29 is 36.7 Å². The molecule has 6 aliphatic rings. The van der Waals surface area contributed by atoms with Gasteiger partial charge in [-0.05, 0) is 74.3 Å². The molecule has 2 unspecified atom stereocenters. The van der Waals surface area contributed by atoms with Crippen molar-refractivity contribution in [3.63, 3.8) is 0 Å². The summed E-state index contributed by atoms with van der Waals surface area (Å²) in [5.74, 6) is 2.20. The van der Waals surface area contributed by atoms with E-state index < -0.39 is 7.15 Å². The minimum Gasteiger partial charge on any atom is -1.00 e. The maximum absolute atomic E-state index is 9.96. The number of hydrogen-bond donors (Lipinski definition) is 0. The zero-order valence-electron chi connectivity index (χ0n) is 24.2. The second-order valence-electron chi connectivity index (χ2n) is 11.5. The van der Waals surface area contributed by atoms with Crippen LogP contribution in [0, 0.1) is 11.8 Å². The Labute approximate surface area is 243 Å². The summed E-state index contributed by atoms with van der Waals surface area (Å²) in [4.78, 5) is 5.53. The van der Waals surface area contributed by atoms with Crippen LogP contribution in [-0.2, 0) is 13.1 Å². The summed E-state index contributed by atoms with van der Waals surface area (Å²) in [6, 6.07) is 25.2. The van der Waals surface area contributed by atoms with Crippen molar-refractivity contribution in [1.29, 1.82) is 0 Å². The first-order valence-corrected chi connectivity index (χ1v) is 13.8. The fourth-order valence-corrected chi connectivity index (χ4v) is 7.90. The predicted molar refractivity (Wildman–Crippen MR) is 145 cm³/mol. The van der Waals surface area contributed by atoms with Gasteiger partial charge in [0.1, 0.15) is 0 Å². The van der Waals surface area contributed by atoms with Gasteiger partial charge in [0.2, 0.25) is 0 Å². The van der Waals surface area contributed by atoms with Gasteiger partial charge in [0.25, 0.3) is 0 Å². The third-order valence-electron chi connectivity index (χ3n) is 9.38. The first-order valence-electron chi connectivity index (χ1n) is 14.5. The normalized spacial score (nSPS) is 32.5. The number of benzene rings is 2. The standard InChI is InChI=1S/C16H21N.C15H19N.CH3F.Na.H/c1-13-10-15-8-5-9-16(11-13)17(15)12-14-6-3-2-4-7-14;1-2-4-11(5-3-1)10-16-14-6-12-7-15(16)9-13(12)8-14;1-2;;/h2-4,6-7,15-16H,1,5,8-12H2;1-5,12-15H,6-10H2;1H3;;/q;;;+1;-1/i;;1D;;. The van der Waals surface area contributed by atoms with Gasteiger partial charge in [0.15, 0.2) is 0 Å². The smallest absolute Gasteiger partial charge is 1.00 e. The van der Waals surface area contributed by atoms with E-state index in [1.54, 1.807) is 0 Å². The van der Waals surface area contributed by atoms with E-state index in [1.807, 2.05) is 0 Å². The van der Waals surface area contributed by atoms with E-state index in [4.69, 9.17) is 1.37 Å². The van der Waals surface area contributed by atoms with Crippen molar-refractivity contribution in [3.8, 4) is 0 Å². The van der Waals surface area contributed by atoms with Crippen molar-refractivity contribution in [2.24, 2.45) is 11.8 Å². The van der Waals surface area contributed by atoms with Gasteiger partial charge in [-0.2, -0.15) is 0 Å². The second-order valence-corrected chi connectivity index (χ2v) is 11.5. The summed E-state index contributed by atoms with van der Waals surface area (Å²) in [7, 11) is -1.00. The molecule has 6 fully saturated rings. The van der Waals surface area contributed by atoms with Crippen molar-refractivity contribution in [1.82, 2.24) is 9.80 Å². The van der Waals surface area contributed by atoms with Crippen LogP contribution >= 0.6 is 0 Å². The van der Waals surface area contributed by atoms with Gasteiger partial charge < -0.3 is 1.43 Å². The SMILES string of the molecule is C=C1CC2CCCC(C1)N2Cc1ccccc1.[2H]CF.[H-].[Na+].c1ccc(CN2C3CC4CC2CC4C3)cc1. The molecular weight excluding hydrogens is 454 g/mol. The third kappa shape index (κ3) is 6.35. The monoisotopic (exact) mass is 499 g/mol. The maximum Gasteiger partial charge on any atom is 1.00 e. The number of alkyl halides is 1. The van der Waals surface area contributed by atoms with Gasteiger partial charge in [-0.15, -0.1) is 0 Å². The van der Waals surface area contributed by atoms with Gasteiger partial charge in [0, 0.05) is 37.3 Å². The largest absolute Gasteiger partial charge is 1.00 e. The van der Waals surface area contributed by atoms with Gasteiger partial charge in [-0.3, -0.25) is 14.2 Å². The molecule has 4 aliphatic heterocycles. The van der Waals surface area contributed by atoms with Crippen LogP contribution in [0.2, 0.25) is 0 Å². The molecule has 4 heteroatoms. The Morgan fingerprint density at radius 3 is 1.58 bits per heavy atom. The molecule has 0 amide bonds. The molecule has 2 aromatic carbocycles. The van der Waals surface area contributed by atoms with Gasteiger partial charge in [0.05, 0.1) is 8.52 Å². The molecule has 8 rings (SSSR count). The molecular formula is C32H44FN2Na. The maximum atomic E-state index is 9.96. The van der Waals surface area contributed by atoms with E-state index in [9.17, 15) is 4.39 Å². The van der Waals surface area contributed by atoms with Gasteiger partial charge in [-0.1, -0.05) is 79.2 Å². The molecule has 0 spiro atoms. The molecule has 0 aromatic heterocycles. The van der Waals surface area contributed by atoms with Crippen LogP contribution < -0.4 is 29.6 Å². The Kier molecular flexibility index (Phi) is 9.77. The zero-order valence-corrected chi connectivity index (χ0v) is 24.2. The third-order valence-corrected chi connectivity index (χ3v) is 9.38. The Hall–Kier alpha value is -0.970. The molecule has 0 radical (unpaired) electrons. The Morgan fingerprint density at radius 1 is 0.778 bits per heavy atom. The van der Waals surface area contributed by atoms with Gasteiger partial charge >= 0.3 is 29.6 Å². The molecule has 0 N–H and O–H groups in total. The summed E-state index contributed by atoms with van der Waals surface area (Å²) in [5, 5.41) is 0. The summed E-state index contributed by atoms with van der Waals surface area (Å²) in [6.07, 6.45) is 12.6. The summed E-state index contributed by atoms with van der Waals surface area (Å²) >= 11 is 0. The number of piperidine rings is 4. The molecule has 4 heterocycles. The molecule has 2 aromatic rings. The van der Waals surface area contributed by atoms with Crippen molar-refractivity contribution in [3.05, 3.63) is 83.9 Å². The number of rotatable bonds is 4. The van der Waals surface area contributed by atoms with E-state index in [1.165, 1.54) is 81.0 Å². The number of halogens is 1. The number of fused-ring (bicyclic) bond motifs is 2. The Morgan fingerprint density at radius 2 is 1.17 bits per heavy atom. The van der Waals surface area contributed by atoms with Crippen molar-refractivity contribution in [2.75, 3.05) is 7.15 Å². The van der Waals surface area contributed by atoms with E-state index in [2.05, 4.69) is 77.0 Å². The summed E-state index contributed by atoms with van der Waals surface area (Å²) in [5.41, 5.74) is 4.43. The minimum absolute atomic E-state index is 0. The molecule has 2 nitrogen and oxygen atoms in total. The van der Waals surface area contributed by atoms with Crippen LogP contribution in [0.3, 0.4) is 0 Å². The minimum atomic E-state index is -1.00. The first-order chi connectivity index (χ1) is 17.6. The van der Waals surface area contributed by atoms with Crippen LogP contribution in [0.4, 0.5) is 4.39 Å². The number of hydrogen-bond acceptors (Lipinski definition) is 2. The summed E-state index contributed by atoms with van der Waals surface area (Å²) in [6.45, 7) is 6.53. The fourth-order valence-electron chi connectivity index (χ4n) is 7.90. The Balaban J connectivity index is 0.000000183. The van der Waals surface area contributed by atoms with Crippen LogP contribution in [0.1, 0.15) is 71.7 Å². The average molecular weight is 500 g/mol. The van der Waals surface area contributed by atoms with E-state index in [-0.39, 0.29) is 31.0 Å². The molecule has 190 valence electrons. The molecule has 36 heavy (non-hydrogen) atoms. The van der Waals surface area contributed by atoms with E-state index in [0.717, 1.165) is 42.5 Å². The average Bonchev–Trinajstić information content (AvgIpc) is 3.37. The molecule has 2 aliphatic carbocycles. The quantitative estimate of drug-likeness (QED) is 0.451. The molecule has 6 bridgehead atoms. The van der Waals surface area contributed by atoms with Crippen LogP contribution in [-0.4, -0.2) is 41.1 Å². The fraction of sp³-hybridized carbons (Fsp3) is 0.562. The van der Waals surface area contributed by atoms with Crippen LogP contribution in [0.15, 0.2) is 72.8 Å². The number of nitrogens with zero attached hydrogens (tertiary/aromatic N) is 2. The van der Waals surface area contributed by atoms with Crippen molar-refractivity contribution in [2.45, 2.75) is 95.0 Å². The van der Waals surface area contributed by atoms with E-state index in [0.29, 0.717) is 0 Å².